The second-order valence-corrected chi connectivity index (χ2v) is 6.38. The lowest BCUT2D eigenvalue weighted by molar-refractivity contribution is -0.131. The molecular weight excluding hydrogens is 296 g/mol. The number of amides is 1. The maximum absolute atomic E-state index is 12.4. The van der Waals surface area contributed by atoms with Crippen LogP contribution in [0, 0.1) is 0 Å². The maximum atomic E-state index is 12.4. The van der Waals surface area contributed by atoms with Crippen LogP contribution in [0.2, 0.25) is 0 Å². The summed E-state index contributed by atoms with van der Waals surface area (Å²) >= 11 is 1.54. The van der Waals surface area contributed by atoms with Crippen molar-refractivity contribution in [2.24, 2.45) is 0 Å². The van der Waals surface area contributed by atoms with Gasteiger partial charge >= 0.3 is 0 Å². The molecule has 1 amide bonds. The van der Waals surface area contributed by atoms with Crippen molar-refractivity contribution in [1.29, 1.82) is 0 Å². The number of nitrogens with zero attached hydrogens (tertiary/aromatic N) is 3. The molecule has 2 aromatic heterocycles. The highest BCUT2D eigenvalue weighted by molar-refractivity contribution is 7.13. The highest BCUT2D eigenvalue weighted by Gasteiger charge is 2.22. The van der Waals surface area contributed by atoms with Crippen molar-refractivity contribution in [3.63, 3.8) is 0 Å². The van der Waals surface area contributed by atoms with Crippen LogP contribution in [0.5, 0.6) is 0 Å². The molecule has 0 radical (unpaired) electrons. The molecule has 3 heterocycles. The lowest BCUT2D eigenvalue weighted by Crippen LogP contribution is -2.44. The van der Waals surface area contributed by atoms with Crippen LogP contribution in [0.4, 0.5) is 0 Å². The number of piperidine rings is 1. The van der Waals surface area contributed by atoms with E-state index in [-0.39, 0.29) is 5.91 Å². The highest BCUT2D eigenvalue weighted by Crippen LogP contribution is 2.22. The highest BCUT2D eigenvalue weighted by atomic mass is 32.1. The molecule has 1 aliphatic rings. The van der Waals surface area contributed by atoms with Crippen LogP contribution >= 0.6 is 11.3 Å². The van der Waals surface area contributed by atoms with E-state index >= 15 is 0 Å². The number of thiazole rings is 1. The molecule has 5 nitrogen and oxygen atoms in total. The van der Waals surface area contributed by atoms with Crippen molar-refractivity contribution in [3.05, 3.63) is 35.5 Å². The van der Waals surface area contributed by atoms with Gasteiger partial charge in [0.05, 0.1) is 17.8 Å². The van der Waals surface area contributed by atoms with Gasteiger partial charge in [-0.3, -0.25) is 9.78 Å². The van der Waals surface area contributed by atoms with E-state index in [0.29, 0.717) is 12.5 Å². The van der Waals surface area contributed by atoms with Crippen molar-refractivity contribution in [2.75, 3.05) is 20.1 Å². The average Bonchev–Trinajstić information content (AvgIpc) is 3.04. The Morgan fingerprint density at radius 3 is 2.95 bits per heavy atom. The van der Waals surface area contributed by atoms with Gasteiger partial charge in [-0.2, -0.15) is 0 Å². The van der Waals surface area contributed by atoms with Crippen LogP contribution in [0.25, 0.3) is 10.7 Å². The number of hydrogen-bond acceptors (Lipinski definition) is 5. The lowest BCUT2D eigenvalue weighted by atomic mass is 10.0. The van der Waals surface area contributed by atoms with E-state index in [1.807, 2.05) is 35.5 Å². The predicted octanol–water partition coefficient (Wildman–Crippen LogP) is 1.96. The molecule has 2 aromatic rings. The van der Waals surface area contributed by atoms with Gasteiger partial charge in [-0.15, -0.1) is 11.3 Å². The fourth-order valence-electron chi connectivity index (χ4n) is 2.67. The van der Waals surface area contributed by atoms with E-state index in [1.54, 1.807) is 6.20 Å². The Kier molecular flexibility index (Phi) is 4.80. The fourth-order valence-corrected chi connectivity index (χ4v) is 3.47. The summed E-state index contributed by atoms with van der Waals surface area (Å²) in [4.78, 5) is 23.1. The first-order valence-electron chi connectivity index (χ1n) is 7.56. The number of nitrogens with one attached hydrogen (secondary N) is 1. The van der Waals surface area contributed by atoms with E-state index in [0.717, 1.165) is 42.3 Å². The molecule has 0 saturated carbocycles. The molecule has 1 aliphatic heterocycles. The minimum absolute atomic E-state index is 0.143. The average molecular weight is 316 g/mol. The van der Waals surface area contributed by atoms with E-state index < -0.39 is 0 Å². The van der Waals surface area contributed by atoms with Crippen molar-refractivity contribution >= 4 is 17.2 Å². The normalized spacial score (nSPS) is 15.7. The lowest BCUT2D eigenvalue weighted by Gasteiger charge is -2.31. The number of pyridine rings is 1. The second-order valence-electron chi connectivity index (χ2n) is 5.52. The topological polar surface area (TPSA) is 58.1 Å². The monoisotopic (exact) mass is 316 g/mol. The first-order chi connectivity index (χ1) is 10.7. The summed E-state index contributed by atoms with van der Waals surface area (Å²) in [5.74, 6) is 0.143. The predicted molar refractivity (Wildman–Crippen MR) is 87.7 cm³/mol. The quantitative estimate of drug-likeness (QED) is 0.937. The zero-order valence-corrected chi connectivity index (χ0v) is 13.5. The largest absolute Gasteiger partial charge is 0.342 e. The second kappa shape index (κ2) is 6.98. The summed E-state index contributed by atoms with van der Waals surface area (Å²) in [6.07, 6.45) is 4.17. The molecule has 0 unspecified atom stereocenters. The summed E-state index contributed by atoms with van der Waals surface area (Å²) in [5, 5.41) is 6.15. The molecule has 3 rings (SSSR count). The van der Waals surface area contributed by atoms with E-state index in [2.05, 4.69) is 15.3 Å². The van der Waals surface area contributed by atoms with Gasteiger partial charge < -0.3 is 10.2 Å². The smallest absolute Gasteiger partial charge is 0.228 e. The number of carbonyl (C=O) groups is 1. The molecule has 1 fully saturated rings. The van der Waals surface area contributed by atoms with Crippen LogP contribution in [0.3, 0.4) is 0 Å². The first-order valence-corrected chi connectivity index (χ1v) is 8.44. The van der Waals surface area contributed by atoms with Gasteiger partial charge in [0.2, 0.25) is 5.91 Å². The Balaban J connectivity index is 1.63. The summed E-state index contributed by atoms with van der Waals surface area (Å²) in [5.41, 5.74) is 1.69. The molecule has 0 aliphatic carbocycles. The Morgan fingerprint density at radius 1 is 1.41 bits per heavy atom. The zero-order valence-electron chi connectivity index (χ0n) is 12.7. The number of aromatic nitrogens is 2. The van der Waals surface area contributed by atoms with Gasteiger partial charge in [0.15, 0.2) is 0 Å². The fraction of sp³-hybridized carbons (Fsp3) is 0.438. The van der Waals surface area contributed by atoms with Crippen molar-refractivity contribution in [3.8, 4) is 10.7 Å². The molecule has 0 aromatic carbocycles. The van der Waals surface area contributed by atoms with Crippen molar-refractivity contribution < 1.29 is 4.79 Å². The van der Waals surface area contributed by atoms with Crippen LogP contribution in [-0.4, -0.2) is 47.0 Å². The molecule has 0 spiro atoms. The molecule has 0 bridgehead atoms. The van der Waals surface area contributed by atoms with E-state index in [1.165, 1.54) is 11.3 Å². The van der Waals surface area contributed by atoms with Gasteiger partial charge in [0.1, 0.15) is 5.01 Å². The number of carbonyl (C=O) groups excluding carboxylic acids is 1. The van der Waals surface area contributed by atoms with Gasteiger partial charge in [-0.1, -0.05) is 6.07 Å². The summed E-state index contributed by atoms with van der Waals surface area (Å²) < 4.78 is 0. The third kappa shape index (κ3) is 3.51. The Bertz CT molecular complexity index is 622. The standard InChI is InChI=1S/C16H20N4OS/c1-20(13-5-8-17-9-6-13)15(21)10-12-11-22-16(19-12)14-4-2-3-7-18-14/h2-4,7,11,13,17H,5-6,8-10H2,1H3. The molecule has 116 valence electrons. The first kappa shape index (κ1) is 15.1. The summed E-state index contributed by atoms with van der Waals surface area (Å²) in [6.45, 7) is 1.98. The Labute approximate surface area is 134 Å². The number of hydrogen-bond donors (Lipinski definition) is 1. The molecule has 1 saturated heterocycles. The van der Waals surface area contributed by atoms with Crippen LogP contribution in [0.1, 0.15) is 18.5 Å². The SMILES string of the molecule is CN(C(=O)Cc1csc(-c2ccccn2)n1)C1CCNCC1. The van der Waals surface area contributed by atoms with Gasteiger partial charge in [-0.25, -0.2) is 4.98 Å². The minimum atomic E-state index is 0.143. The van der Waals surface area contributed by atoms with Crippen LogP contribution in [-0.2, 0) is 11.2 Å². The molecular formula is C16H20N4OS. The third-order valence-corrected chi connectivity index (χ3v) is 4.93. The van der Waals surface area contributed by atoms with Crippen LogP contribution < -0.4 is 5.32 Å². The summed E-state index contributed by atoms with van der Waals surface area (Å²) in [7, 11) is 1.91. The van der Waals surface area contributed by atoms with E-state index in [4.69, 9.17) is 0 Å². The number of rotatable bonds is 4. The maximum Gasteiger partial charge on any atom is 0.228 e. The van der Waals surface area contributed by atoms with Gasteiger partial charge in [0, 0.05) is 24.7 Å². The van der Waals surface area contributed by atoms with Crippen LogP contribution in [0.15, 0.2) is 29.8 Å². The third-order valence-electron chi connectivity index (χ3n) is 4.02. The van der Waals surface area contributed by atoms with Crippen molar-refractivity contribution in [2.45, 2.75) is 25.3 Å². The zero-order chi connectivity index (χ0) is 15.4. The van der Waals surface area contributed by atoms with Gasteiger partial charge in [0.25, 0.3) is 0 Å². The molecule has 6 heteroatoms. The number of likely N-dealkylation sites (N-methyl/N-ethyl adjacent to an activating group) is 1. The Morgan fingerprint density at radius 2 is 2.23 bits per heavy atom. The van der Waals surface area contributed by atoms with Gasteiger partial charge in [-0.05, 0) is 38.1 Å². The molecule has 0 atom stereocenters. The van der Waals surface area contributed by atoms with E-state index in [9.17, 15) is 4.79 Å². The minimum Gasteiger partial charge on any atom is -0.342 e. The Hall–Kier alpha value is -1.79. The summed E-state index contributed by atoms with van der Waals surface area (Å²) in [6, 6.07) is 6.11. The molecule has 1 N–H and O–H groups in total. The molecule has 22 heavy (non-hydrogen) atoms. The van der Waals surface area contributed by atoms with Crippen molar-refractivity contribution in [1.82, 2.24) is 20.2 Å².